The Morgan fingerprint density at radius 2 is 1.79 bits per heavy atom. The van der Waals surface area contributed by atoms with Gasteiger partial charge in [-0.25, -0.2) is 0 Å². The first-order valence-electron chi connectivity index (χ1n) is 6.40. The van der Waals surface area contributed by atoms with Gasteiger partial charge in [-0.15, -0.1) is 0 Å². The molecule has 0 amide bonds. The molecule has 3 fully saturated rings. The monoisotopic (exact) mass is 194 g/mol. The Bertz CT molecular complexity index is 198. The van der Waals surface area contributed by atoms with Crippen LogP contribution < -0.4 is 5.32 Å². The van der Waals surface area contributed by atoms with E-state index in [4.69, 9.17) is 0 Å². The molecule has 0 unspecified atom stereocenters. The van der Waals surface area contributed by atoms with Crippen LogP contribution in [0.25, 0.3) is 0 Å². The molecule has 14 heavy (non-hydrogen) atoms. The molecular weight excluding hydrogens is 172 g/mol. The van der Waals surface area contributed by atoms with Crippen LogP contribution in [0, 0.1) is 11.8 Å². The lowest BCUT2D eigenvalue weighted by molar-refractivity contribution is 0.111. The van der Waals surface area contributed by atoms with Crippen LogP contribution in [0.15, 0.2) is 0 Å². The summed E-state index contributed by atoms with van der Waals surface area (Å²) in [4.78, 5) is 2.78. The zero-order valence-electron chi connectivity index (χ0n) is 9.04. The van der Waals surface area contributed by atoms with E-state index in [-0.39, 0.29) is 0 Å². The minimum absolute atomic E-state index is 0.936. The summed E-state index contributed by atoms with van der Waals surface area (Å²) >= 11 is 0. The van der Waals surface area contributed by atoms with Gasteiger partial charge in [0.1, 0.15) is 0 Å². The fraction of sp³-hybridized carbons (Fsp3) is 1.00. The van der Waals surface area contributed by atoms with Gasteiger partial charge in [-0.2, -0.15) is 0 Å². The Kier molecular flexibility index (Phi) is 2.50. The molecule has 0 spiro atoms. The summed E-state index contributed by atoms with van der Waals surface area (Å²) < 4.78 is 0. The van der Waals surface area contributed by atoms with Crippen molar-refractivity contribution in [2.45, 2.75) is 38.1 Å². The van der Waals surface area contributed by atoms with Crippen LogP contribution in [0.4, 0.5) is 0 Å². The van der Waals surface area contributed by atoms with Gasteiger partial charge in [-0.1, -0.05) is 6.42 Å². The van der Waals surface area contributed by atoms with Gasteiger partial charge in [0.2, 0.25) is 0 Å². The second-order valence-electron chi connectivity index (χ2n) is 5.32. The fourth-order valence-electron chi connectivity index (χ4n) is 3.85. The number of hydrogen-bond donors (Lipinski definition) is 1. The van der Waals surface area contributed by atoms with Crippen LogP contribution in [0.5, 0.6) is 0 Å². The maximum Gasteiger partial charge on any atom is 0.0139 e. The molecule has 0 aromatic rings. The lowest BCUT2D eigenvalue weighted by atomic mass is 9.77. The number of likely N-dealkylation sites (tertiary alicyclic amines) is 1. The summed E-state index contributed by atoms with van der Waals surface area (Å²) in [5.74, 6) is 2.00. The fourth-order valence-corrected chi connectivity index (χ4v) is 3.85. The number of hydrogen-bond acceptors (Lipinski definition) is 2. The van der Waals surface area contributed by atoms with Gasteiger partial charge >= 0.3 is 0 Å². The van der Waals surface area contributed by atoms with Crippen molar-refractivity contribution in [1.29, 1.82) is 0 Å². The van der Waals surface area contributed by atoms with Crippen molar-refractivity contribution in [1.82, 2.24) is 10.2 Å². The average molecular weight is 194 g/mol. The molecule has 1 saturated carbocycles. The SMILES string of the molecule is C1C[C@@H]2CNC[C@H]2[C@H](N2CCCC2)C1. The lowest BCUT2D eigenvalue weighted by Gasteiger charge is -2.39. The standard InChI is InChI=1S/C12H22N2/c1-2-7-14(6-1)12-5-3-4-10-8-13-9-11(10)12/h10-13H,1-9H2/t10-,11-,12-/m1/s1. The van der Waals surface area contributed by atoms with E-state index >= 15 is 0 Å². The van der Waals surface area contributed by atoms with Gasteiger partial charge in [0.15, 0.2) is 0 Å². The molecule has 2 nitrogen and oxygen atoms in total. The van der Waals surface area contributed by atoms with Crippen molar-refractivity contribution < 1.29 is 0 Å². The quantitative estimate of drug-likeness (QED) is 0.680. The Labute approximate surface area is 87.0 Å². The lowest BCUT2D eigenvalue weighted by Crippen LogP contribution is -2.44. The van der Waals surface area contributed by atoms with Crippen LogP contribution in [0.1, 0.15) is 32.1 Å². The van der Waals surface area contributed by atoms with E-state index in [1.807, 2.05) is 0 Å². The topological polar surface area (TPSA) is 15.3 Å². The molecule has 0 bridgehead atoms. The van der Waals surface area contributed by atoms with Gasteiger partial charge in [0.05, 0.1) is 0 Å². The number of nitrogens with one attached hydrogen (secondary N) is 1. The summed E-state index contributed by atoms with van der Waals surface area (Å²) in [5, 5.41) is 3.59. The van der Waals surface area contributed by atoms with Crippen LogP contribution in [0.3, 0.4) is 0 Å². The second-order valence-corrected chi connectivity index (χ2v) is 5.32. The minimum atomic E-state index is 0.936. The molecule has 1 aliphatic carbocycles. The van der Waals surface area contributed by atoms with Crippen LogP contribution in [0.2, 0.25) is 0 Å². The Morgan fingerprint density at radius 1 is 0.929 bits per heavy atom. The number of rotatable bonds is 1. The Hall–Kier alpha value is -0.0800. The third-order valence-corrected chi connectivity index (χ3v) is 4.57. The Morgan fingerprint density at radius 3 is 2.64 bits per heavy atom. The first-order chi connectivity index (χ1) is 6.95. The molecule has 1 N–H and O–H groups in total. The summed E-state index contributed by atoms with van der Waals surface area (Å²) in [6.07, 6.45) is 7.33. The summed E-state index contributed by atoms with van der Waals surface area (Å²) in [6.45, 7) is 5.36. The molecule has 0 radical (unpaired) electrons. The molecule has 2 heterocycles. The zero-order valence-corrected chi connectivity index (χ0v) is 9.04. The summed E-state index contributed by atoms with van der Waals surface area (Å²) in [7, 11) is 0. The largest absolute Gasteiger partial charge is 0.316 e. The summed E-state index contributed by atoms with van der Waals surface area (Å²) in [6, 6.07) is 0.936. The van der Waals surface area contributed by atoms with Crippen LogP contribution in [-0.2, 0) is 0 Å². The molecule has 2 heteroatoms. The van der Waals surface area contributed by atoms with Gasteiger partial charge < -0.3 is 10.2 Å². The molecule has 2 saturated heterocycles. The van der Waals surface area contributed by atoms with Gasteiger partial charge in [-0.05, 0) is 63.7 Å². The van der Waals surface area contributed by atoms with Crippen molar-refractivity contribution in [3.63, 3.8) is 0 Å². The van der Waals surface area contributed by atoms with E-state index in [1.54, 1.807) is 0 Å². The van der Waals surface area contributed by atoms with Crippen molar-refractivity contribution in [3.8, 4) is 0 Å². The van der Waals surface area contributed by atoms with E-state index in [9.17, 15) is 0 Å². The molecule has 3 rings (SSSR count). The first kappa shape index (κ1) is 9.17. The molecule has 3 atom stereocenters. The predicted molar refractivity (Wildman–Crippen MR) is 58.3 cm³/mol. The maximum atomic E-state index is 3.59. The smallest absolute Gasteiger partial charge is 0.0139 e. The first-order valence-corrected chi connectivity index (χ1v) is 6.40. The second kappa shape index (κ2) is 3.82. The van der Waals surface area contributed by atoms with E-state index in [0.29, 0.717) is 0 Å². The van der Waals surface area contributed by atoms with Gasteiger partial charge in [0, 0.05) is 6.04 Å². The molecule has 3 aliphatic rings. The number of nitrogens with zero attached hydrogens (tertiary/aromatic N) is 1. The Balaban J connectivity index is 1.70. The van der Waals surface area contributed by atoms with Gasteiger partial charge in [0.25, 0.3) is 0 Å². The van der Waals surface area contributed by atoms with Crippen LogP contribution >= 0.6 is 0 Å². The molecule has 0 aromatic carbocycles. The van der Waals surface area contributed by atoms with Gasteiger partial charge in [-0.3, -0.25) is 0 Å². The minimum Gasteiger partial charge on any atom is -0.316 e. The van der Waals surface area contributed by atoms with Crippen molar-refractivity contribution in [3.05, 3.63) is 0 Å². The van der Waals surface area contributed by atoms with E-state index in [2.05, 4.69) is 10.2 Å². The predicted octanol–water partition coefficient (Wildman–Crippen LogP) is 1.47. The third kappa shape index (κ3) is 1.49. The van der Waals surface area contributed by atoms with E-state index in [0.717, 1.165) is 17.9 Å². The van der Waals surface area contributed by atoms with E-state index in [1.165, 1.54) is 58.3 Å². The highest BCUT2D eigenvalue weighted by molar-refractivity contribution is 4.94. The molecule has 0 aromatic heterocycles. The number of fused-ring (bicyclic) bond motifs is 1. The average Bonchev–Trinajstić information content (AvgIpc) is 2.88. The maximum absolute atomic E-state index is 3.59. The molecule has 2 aliphatic heterocycles. The third-order valence-electron chi connectivity index (χ3n) is 4.57. The van der Waals surface area contributed by atoms with Crippen molar-refractivity contribution in [2.24, 2.45) is 11.8 Å². The molecular formula is C12H22N2. The summed E-state index contributed by atoms with van der Waals surface area (Å²) in [5.41, 5.74) is 0. The van der Waals surface area contributed by atoms with E-state index < -0.39 is 0 Å². The zero-order chi connectivity index (χ0) is 9.38. The highest BCUT2D eigenvalue weighted by Crippen LogP contribution is 2.36. The molecule has 80 valence electrons. The highest BCUT2D eigenvalue weighted by Gasteiger charge is 2.39. The highest BCUT2D eigenvalue weighted by atomic mass is 15.2. The van der Waals surface area contributed by atoms with Crippen molar-refractivity contribution in [2.75, 3.05) is 26.2 Å². The van der Waals surface area contributed by atoms with Crippen LogP contribution in [-0.4, -0.2) is 37.1 Å². The van der Waals surface area contributed by atoms with Crippen molar-refractivity contribution >= 4 is 0 Å². The normalized spacial score (nSPS) is 44.1.